The third-order valence-corrected chi connectivity index (χ3v) is 2.29. The lowest BCUT2D eigenvalue weighted by atomic mass is 9.96. The minimum absolute atomic E-state index is 0.0836. The van der Waals surface area contributed by atoms with E-state index in [4.69, 9.17) is 0 Å². The Morgan fingerprint density at radius 2 is 1.94 bits per heavy atom. The predicted octanol–water partition coefficient (Wildman–Crippen LogP) is 1.40. The normalized spacial score (nSPS) is 10.9. The number of hydrogen-bond donors (Lipinski definition) is 2. The Morgan fingerprint density at radius 3 is 2.44 bits per heavy atom. The van der Waals surface area contributed by atoms with Gasteiger partial charge in [-0.25, -0.2) is 9.97 Å². The molecule has 100 valence electrons. The van der Waals surface area contributed by atoms with E-state index in [0.29, 0.717) is 17.5 Å². The summed E-state index contributed by atoms with van der Waals surface area (Å²) in [5.74, 6) is 1.69. The molecule has 0 radical (unpaired) electrons. The zero-order chi connectivity index (χ0) is 13.8. The van der Waals surface area contributed by atoms with Crippen molar-refractivity contribution in [3.05, 3.63) is 11.9 Å². The highest BCUT2D eigenvalue weighted by molar-refractivity contribution is 5.74. The maximum atomic E-state index is 11.1. The summed E-state index contributed by atoms with van der Waals surface area (Å²) in [6, 6.07) is 1.75. The topological polar surface area (TPSA) is 76.1 Å². The number of ether oxygens (including phenoxy) is 1. The number of carbonyl (C=O) groups is 1. The van der Waals surface area contributed by atoms with Crippen molar-refractivity contribution in [2.75, 3.05) is 31.3 Å². The van der Waals surface area contributed by atoms with Gasteiger partial charge in [0.05, 0.1) is 7.11 Å². The third-order valence-electron chi connectivity index (χ3n) is 2.29. The summed E-state index contributed by atoms with van der Waals surface area (Å²) in [6.45, 7) is 6.18. The first kappa shape index (κ1) is 14.2. The minimum Gasteiger partial charge on any atom is -0.468 e. The van der Waals surface area contributed by atoms with Crippen molar-refractivity contribution in [1.29, 1.82) is 0 Å². The van der Waals surface area contributed by atoms with Crippen molar-refractivity contribution >= 4 is 17.6 Å². The zero-order valence-electron chi connectivity index (χ0n) is 11.5. The number of nitrogens with one attached hydrogen (secondary N) is 2. The fraction of sp³-hybridized carbons (Fsp3) is 0.583. The van der Waals surface area contributed by atoms with Crippen LogP contribution in [-0.4, -0.2) is 36.6 Å². The van der Waals surface area contributed by atoms with Gasteiger partial charge in [0.2, 0.25) is 0 Å². The number of aromatic nitrogens is 2. The van der Waals surface area contributed by atoms with Gasteiger partial charge < -0.3 is 15.4 Å². The van der Waals surface area contributed by atoms with Crippen molar-refractivity contribution in [3.8, 4) is 0 Å². The molecule has 0 atom stereocenters. The summed E-state index contributed by atoms with van der Waals surface area (Å²) in [6.07, 6.45) is 0. The fourth-order valence-electron chi connectivity index (χ4n) is 1.24. The molecule has 0 unspecified atom stereocenters. The first-order valence-electron chi connectivity index (χ1n) is 5.75. The molecule has 0 bridgehead atoms. The lowest BCUT2D eigenvalue weighted by Gasteiger charge is -2.18. The molecule has 1 rings (SSSR count). The highest BCUT2D eigenvalue weighted by Gasteiger charge is 2.19. The van der Waals surface area contributed by atoms with Crippen molar-refractivity contribution in [2.24, 2.45) is 0 Å². The Balaban J connectivity index is 2.94. The summed E-state index contributed by atoms with van der Waals surface area (Å²) in [5, 5.41) is 5.89. The standard InChI is InChI=1S/C12H20N4O2/c1-12(2,3)11-15-8(13-4)6-9(16-11)14-7-10(17)18-5/h6H,7H2,1-5H3,(H2,13,14,15,16). The molecule has 0 fully saturated rings. The molecule has 1 aromatic heterocycles. The van der Waals surface area contributed by atoms with Crippen molar-refractivity contribution in [3.63, 3.8) is 0 Å². The van der Waals surface area contributed by atoms with Gasteiger partial charge in [-0.2, -0.15) is 0 Å². The summed E-state index contributed by atoms with van der Waals surface area (Å²) in [5.41, 5.74) is -0.158. The number of anilines is 2. The van der Waals surface area contributed by atoms with E-state index >= 15 is 0 Å². The van der Waals surface area contributed by atoms with Crippen LogP contribution in [0, 0.1) is 0 Å². The molecule has 18 heavy (non-hydrogen) atoms. The van der Waals surface area contributed by atoms with Crippen LogP contribution in [0.1, 0.15) is 26.6 Å². The zero-order valence-corrected chi connectivity index (χ0v) is 11.5. The van der Waals surface area contributed by atoms with Gasteiger partial charge in [0.1, 0.15) is 24.0 Å². The lowest BCUT2D eigenvalue weighted by molar-refractivity contribution is -0.138. The van der Waals surface area contributed by atoms with Crippen LogP contribution in [0.2, 0.25) is 0 Å². The van der Waals surface area contributed by atoms with Gasteiger partial charge in [0, 0.05) is 18.5 Å². The Hall–Kier alpha value is -1.85. The van der Waals surface area contributed by atoms with E-state index < -0.39 is 0 Å². The molecule has 0 spiro atoms. The minimum atomic E-state index is -0.336. The molecule has 1 aromatic rings. The van der Waals surface area contributed by atoms with Gasteiger partial charge in [-0.15, -0.1) is 0 Å². The average Bonchev–Trinajstić information content (AvgIpc) is 2.34. The second-order valence-corrected chi connectivity index (χ2v) is 4.89. The monoisotopic (exact) mass is 252 g/mol. The van der Waals surface area contributed by atoms with Gasteiger partial charge in [-0.05, 0) is 0 Å². The lowest BCUT2D eigenvalue weighted by Crippen LogP contribution is -2.20. The summed E-state index contributed by atoms with van der Waals surface area (Å²) < 4.78 is 4.57. The molecule has 2 N–H and O–H groups in total. The Labute approximate surface area is 107 Å². The van der Waals surface area contributed by atoms with Gasteiger partial charge in [0.15, 0.2) is 0 Å². The predicted molar refractivity (Wildman–Crippen MR) is 70.8 cm³/mol. The van der Waals surface area contributed by atoms with E-state index in [1.807, 2.05) is 20.8 Å². The number of methoxy groups -OCH3 is 1. The average molecular weight is 252 g/mol. The SMILES string of the molecule is CNc1cc(NCC(=O)OC)nc(C(C)(C)C)n1. The van der Waals surface area contributed by atoms with Crippen LogP contribution < -0.4 is 10.6 Å². The van der Waals surface area contributed by atoms with E-state index in [1.165, 1.54) is 7.11 Å². The van der Waals surface area contributed by atoms with E-state index in [2.05, 4.69) is 25.3 Å². The first-order chi connectivity index (χ1) is 8.36. The van der Waals surface area contributed by atoms with Crippen molar-refractivity contribution in [2.45, 2.75) is 26.2 Å². The summed E-state index contributed by atoms with van der Waals surface area (Å²) >= 11 is 0. The number of hydrogen-bond acceptors (Lipinski definition) is 6. The van der Waals surface area contributed by atoms with Gasteiger partial charge in [0.25, 0.3) is 0 Å². The first-order valence-corrected chi connectivity index (χ1v) is 5.75. The smallest absolute Gasteiger partial charge is 0.325 e. The molecular formula is C12H20N4O2. The maximum Gasteiger partial charge on any atom is 0.325 e. The Bertz CT molecular complexity index is 427. The van der Waals surface area contributed by atoms with Gasteiger partial charge >= 0.3 is 5.97 Å². The third kappa shape index (κ3) is 3.87. The number of esters is 1. The number of rotatable bonds is 4. The van der Waals surface area contributed by atoms with Crippen LogP contribution in [0.5, 0.6) is 0 Å². The maximum absolute atomic E-state index is 11.1. The number of carbonyl (C=O) groups excluding carboxylic acids is 1. The van der Waals surface area contributed by atoms with Crippen molar-refractivity contribution < 1.29 is 9.53 Å². The fourth-order valence-corrected chi connectivity index (χ4v) is 1.24. The van der Waals surface area contributed by atoms with Gasteiger partial charge in [-0.1, -0.05) is 20.8 Å². The molecule has 0 aliphatic heterocycles. The molecule has 0 amide bonds. The van der Waals surface area contributed by atoms with Gasteiger partial charge in [-0.3, -0.25) is 4.79 Å². The Kier molecular flexibility index (Phi) is 4.47. The second kappa shape index (κ2) is 5.66. The van der Waals surface area contributed by atoms with Crippen molar-refractivity contribution in [1.82, 2.24) is 9.97 Å². The number of nitrogens with zero attached hydrogens (tertiary/aromatic N) is 2. The van der Waals surface area contributed by atoms with E-state index in [9.17, 15) is 4.79 Å². The van der Waals surface area contributed by atoms with E-state index in [0.717, 1.165) is 0 Å². The second-order valence-electron chi connectivity index (χ2n) is 4.89. The molecule has 0 aliphatic carbocycles. The van der Waals surface area contributed by atoms with Crippen LogP contribution in [0.4, 0.5) is 11.6 Å². The molecule has 0 aliphatic rings. The van der Waals surface area contributed by atoms with Crippen LogP contribution >= 0.6 is 0 Å². The molecule has 1 heterocycles. The molecular weight excluding hydrogens is 232 g/mol. The molecule has 0 saturated carbocycles. The molecule has 0 aromatic carbocycles. The largest absolute Gasteiger partial charge is 0.468 e. The molecule has 6 heteroatoms. The highest BCUT2D eigenvalue weighted by Crippen LogP contribution is 2.21. The quantitative estimate of drug-likeness (QED) is 0.789. The van der Waals surface area contributed by atoms with Crippen LogP contribution in [0.3, 0.4) is 0 Å². The van der Waals surface area contributed by atoms with E-state index in [1.54, 1.807) is 13.1 Å². The molecule has 6 nitrogen and oxygen atoms in total. The summed E-state index contributed by atoms with van der Waals surface area (Å²) in [7, 11) is 3.14. The van der Waals surface area contributed by atoms with E-state index in [-0.39, 0.29) is 17.9 Å². The van der Waals surface area contributed by atoms with Crippen LogP contribution in [0.25, 0.3) is 0 Å². The summed E-state index contributed by atoms with van der Waals surface area (Å²) in [4.78, 5) is 19.9. The highest BCUT2D eigenvalue weighted by atomic mass is 16.5. The Morgan fingerprint density at radius 1 is 1.33 bits per heavy atom. The molecule has 0 saturated heterocycles. The van der Waals surface area contributed by atoms with Crippen LogP contribution in [0.15, 0.2) is 6.07 Å². The van der Waals surface area contributed by atoms with Crippen LogP contribution in [-0.2, 0) is 14.9 Å².